The highest BCUT2D eigenvalue weighted by molar-refractivity contribution is 6.19. The van der Waals surface area contributed by atoms with Gasteiger partial charge in [-0.15, -0.1) is 0 Å². The lowest BCUT2D eigenvalue weighted by atomic mass is 9.82. The van der Waals surface area contributed by atoms with E-state index in [-0.39, 0.29) is 23.4 Å². The van der Waals surface area contributed by atoms with Crippen LogP contribution in [0.15, 0.2) is 72.8 Å². The molecule has 0 radical (unpaired) electrons. The van der Waals surface area contributed by atoms with E-state index < -0.39 is 0 Å². The van der Waals surface area contributed by atoms with Crippen molar-refractivity contribution in [2.75, 3.05) is 0 Å². The third kappa shape index (κ3) is 3.33. The monoisotopic (exact) mass is 394 g/mol. The third-order valence-corrected chi connectivity index (χ3v) is 5.69. The van der Waals surface area contributed by atoms with Crippen molar-refractivity contribution < 1.29 is 9.59 Å². The van der Waals surface area contributed by atoms with E-state index in [9.17, 15) is 9.59 Å². The maximum Gasteiger partial charge on any atom is 0.166 e. The van der Waals surface area contributed by atoms with E-state index in [0.717, 1.165) is 32.7 Å². The predicted molar refractivity (Wildman–Crippen MR) is 125 cm³/mol. The Hall–Kier alpha value is -3.26. The van der Waals surface area contributed by atoms with Crippen LogP contribution < -0.4 is 0 Å². The van der Waals surface area contributed by atoms with Crippen molar-refractivity contribution in [1.82, 2.24) is 0 Å². The SMILES string of the molecule is CC(C)C(=O)c1ccc2ccccc2c1-c1c(C(=O)C(C)C)ccc2ccccc12. The van der Waals surface area contributed by atoms with E-state index in [1.54, 1.807) is 0 Å². The van der Waals surface area contributed by atoms with Gasteiger partial charge >= 0.3 is 0 Å². The first-order valence-corrected chi connectivity index (χ1v) is 10.5. The van der Waals surface area contributed by atoms with E-state index in [1.165, 1.54) is 0 Å². The molecule has 4 rings (SSSR count). The van der Waals surface area contributed by atoms with Crippen molar-refractivity contribution in [2.24, 2.45) is 11.8 Å². The number of rotatable bonds is 5. The predicted octanol–water partition coefficient (Wildman–Crippen LogP) is 7.34. The molecule has 4 aromatic rings. The van der Waals surface area contributed by atoms with Crippen molar-refractivity contribution in [1.29, 1.82) is 0 Å². The fourth-order valence-corrected chi connectivity index (χ4v) is 4.11. The van der Waals surface area contributed by atoms with Crippen molar-refractivity contribution >= 4 is 33.1 Å². The Labute approximate surface area is 177 Å². The smallest absolute Gasteiger partial charge is 0.166 e. The quantitative estimate of drug-likeness (QED) is 0.332. The van der Waals surface area contributed by atoms with Crippen LogP contribution in [0.3, 0.4) is 0 Å². The van der Waals surface area contributed by atoms with E-state index >= 15 is 0 Å². The number of fused-ring (bicyclic) bond motifs is 2. The molecule has 150 valence electrons. The van der Waals surface area contributed by atoms with Gasteiger partial charge in [0.25, 0.3) is 0 Å². The average Bonchev–Trinajstić information content (AvgIpc) is 2.76. The Bertz CT molecular complexity index is 1180. The lowest BCUT2D eigenvalue weighted by Crippen LogP contribution is -2.13. The summed E-state index contributed by atoms with van der Waals surface area (Å²) >= 11 is 0. The third-order valence-electron chi connectivity index (χ3n) is 5.69. The van der Waals surface area contributed by atoms with E-state index in [4.69, 9.17) is 0 Å². The number of hydrogen-bond donors (Lipinski definition) is 0. The van der Waals surface area contributed by atoms with Crippen LogP contribution in [0.25, 0.3) is 32.7 Å². The molecule has 4 aromatic carbocycles. The molecule has 0 unspecified atom stereocenters. The van der Waals surface area contributed by atoms with Crippen LogP contribution in [-0.2, 0) is 0 Å². The molecule has 0 saturated carbocycles. The molecule has 0 bridgehead atoms. The first kappa shape index (κ1) is 20.0. The van der Waals surface area contributed by atoms with Crippen LogP contribution in [-0.4, -0.2) is 11.6 Å². The minimum absolute atomic E-state index is 0.0895. The second kappa shape index (κ2) is 7.87. The molecule has 30 heavy (non-hydrogen) atoms. The largest absolute Gasteiger partial charge is 0.294 e. The standard InChI is InChI=1S/C28H26O2/c1-17(2)27(29)23-15-13-19-9-5-7-11-21(19)25(23)26-22-12-8-6-10-20(22)14-16-24(26)28(30)18(3)4/h5-18H,1-4H3. The Morgan fingerprint density at radius 3 is 1.27 bits per heavy atom. The molecular formula is C28H26O2. The van der Waals surface area contributed by atoms with Crippen LogP contribution in [0, 0.1) is 11.8 Å². The highest BCUT2D eigenvalue weighted by atomic mass is 16.1. The van der Waals surface area contributed by atoms with Gasteiger partial charge in [-0.3, -0.25) is 9.59 Å². The number of carbonyl (C=O) groups is 2. The average molecular weight is 395 g/mol. The number of ketones is 2. The van der Waals surface area contributed by atoms with Gasteiger partial charge in [-0.1, -0.05) is 100 Å². The molecular weight excluding hydrogens is 368 g/mol. The van der Waals surface area contributed by atoms with Gasteiger partial charge in [0.15, 0.2) is 11.6 Å². The fraction of sp³-hybridized carbons (Fsp3) is 0.214. The lowest BCUT2D eigenvalue weighted by molar-refractivity contribution is 0.0931. The van der Waals surface area contributed by atoms with E-state index in [0.29, 0.717) is 11.1 Å². The topological polar surface area (TPSA) is 34.1 Å². The molecule has 0 fully saturated rings. The van der Waals surface area contributed by atoms with Crippen LogP contribution in [0.2, 0.25) is 0 Å². The van der Waals surface area contributed by atoms with Gasteiger partial charge in [-0.05, 0) is 21.5 Å². The van der Waals surface area contributed by atoms with Gasteiger partial charge in [0.1, 0.15) is 0 Å². The zero-order valence-electron chi connectivity index (χ0n) is 17.9. The fourth-order valence-electron chi connectivity index (χ4n) is 4.11. The van der Waals surface area contributed by atoms with Crippen molar-refractivity contribution in [3.8, 4) is 11.1 Å². The second-order valence-electron chi connectivity index (χ2n) is 8.46. The van der Waals surface area contributed by atoms with Crippen LogP contribution in [0.5, 0.6) is 0 Å². The summed E-state index contributed by atoms with van der Waals surface area (Å²) in [5.41, 5.74) is 3.09. The van der Waals surface area contributed by atoms with Crippen LogP contribution >= 0.6 is 0 Å². The first-order valence-electron chi connectivity index (χ1n) is 10.5. The Kier molecular flexibility index (Phi) is 5.26. The Morgan fingerprint density at radius 1 is 0.533 bits per heavy atom. The molecule has 0 aliphatic rings. The number of benzene rings is 4. The second-order valence-corrected chi connectivity index (χ2v) is 8.46. The minimum Gasteiger partial charge on any atom is -0.294 e. The van der Waals surface area contributed by atoms with Crippen molar-refractivity contribution in [3.05, 3.63) is 83.9 Å². The van der Waals surface area contributed by atoms with E-state index in [1.807, 2.05) is 88.4 Å². The highest BCUT2D eigenvalue weighted by Gasteiger charge is 2.24. The molecule has 0 atom stereocenters. The minimum atomic E-state index is -0.135. The molecule has 0 heterocycles. The Morgan fingerprint density at radius 2 is 0.900 bits per heavy atom. The van der Waals surface area contributed by atoms with Gasteiger partial charge < -0.3 is 0 Å². The number of hydrogen-bond acceptors (Lipinski definition) is 2. The molecule has 2 heteroatoms. The summed E-state index contributed by atoms with van der Waals surface area (Å²) < 4.78 is 0. The molecule has 0 aliphatic heterocycles. The van der Waals surface area contributed by atoms with Gasteiger partial charge in [0.05, 0.1) is 0 Å². The summed E-state index contributed by atoms with van der Waals surface area (Å²) in [5.74, 6) is -0.0912. The summed E-state index contributed by atoms with van der Waals surface area (Å²) in [6.45, 7) is 7.68. The van der Waals surface area contributed by atoms with Gasteiger partial charge in [-0.2, -0.15) is 0 Å². The maximum absolute atomic E-state index is 13.2. The molecule has 0 spiro atoms. The van der Waals surface area contributed by atoms with Crippen molar-refractivity contribution in [3.63, 3.8) is 0 Å². The summed E-state index contributed by atoms with van der Waals surface area (Å²) in [6.07, 6.45) is 0. The summed E-state index contributed by atoms with van der Waals surface area (Å²) in [7, 11) is 0. The molecule has 0 aliphatic carbocycles. The molecule has 2 nitrogen and oxygen atoms in total. The van der Waals surface area contributed by atoms with Crippen LogP contribution in [0.4, 0.5) is 0 Å². The van der Waals surface area contributed by atoms with Gasteiger partial charge in [0, 0.05) is 34.1 Å². The van der Waals surface area contributed by atoms with Crippen LogP contribution in [0.1, 0.15) is 48.4 Å². The molecule has 0 saturated heterocycles. The highest BCUT2D eigenvalue weighted by Crippen LogP contribution is 2.40. The number of Topliss-reactive ketones (excluding diaryl/α,β-unsaturated/α-hetero) is 2. The van der Waals surface area contributed by atoms with Crippen molar-refractivity contribution in [2.45, 2.75) is 27.7 Å². The summed E-state index contributed by atoms with van der Waals surface area (Å²) in [5, 5.41) is 4.11. The zero-order valence-corrected chi connectivity index (χ0v) is 17.9. The lowest BCUT2D eigenvalue weighted by Gasteiger charge is -2.20. The van der Waals surface area contributed by atoms with Gasteiger partial charge in [-0.25, -0.2) is 0 Å². The zero-order chi connectivity index (χ0) is 21.4. The summed E-state index contributed by atoms with van der Waals surface area (Å²) in [4.78, 5) is 26.5. The number of carbonyl (C=O) groups excluding carboxylic acids is 2. The maximum atomic E-state index is 13.2. The summed E-state index contributed by atoms with van der Waals surface area (Å²) in [6, 6.07) is 24.0. The van der Waals surface area contributed by atoms with E-state index in [2.05, 4.69) is 12.1 Å². The molecule has 0 N–H and O–H groups in total. The van der Waals surface area contributed by atoms with Gasteiger partial charge in [0.2, 0.25) is 0 Å². The first-order chi connectivity index (χ1) is 14.4. The normalized spacial score (nSPS) is 11.5. The Balaban J connectivity index is 2.22. The molecule has 0 amide bonds. The molecule has 0 aromatic heterocycles.